The van der Waals surface area contributed by atoms with E-state index in [0.717, 1.165) is 19.4 Å². The zero-order valence-electron chi connectivity index (χ0n) is 12.0. The average molecular weight is 315 g/mol. The van der Waals surface area contributed by atoms with Crippen molar-refractivity contribution in [1.29, 1.82) is 0 Å². The number of anilines is 1. The largest absolute Gasteiger partial charge is 0.396 e. The van der Waals surface area contributed by atoms with Gasteiger partial charge in [0, 0.05) is 13.2 Å². The van der Waals surface area contributed by atoms with Crippen LogP contribution < -0.4 is 5.32 Å². The Kier molecular flexibility index (Phi) is 5.56. The molecule has 21 heavy (non-hydrogen) atoms. The number of aliphatic hydroxyl groups is 1. The van der Waals surface area contributed by atoms with E-state index in [9.17, 15) is 14.3 Å². The molecule has 1 amide bonds. The van der Waals surface area contributed by atoms with Crippen molar-refractivity contribution in [1.82, 2.24) is 4.90 Å². The van der Waals surface area contributed by atoms with Crippen LogP contribution in [0.5, 0.6) is 0 Å². The second kappa shape index (κ2) is 7.20. The summed E-state index contributed by atoms with van der Waals surface area (Å²) in [5.74, 6) is -0.390. The molecule has 2 rings (SSSR count). The number of hydrogen-bond donors (Lipinski definition) is 2. The van der Waals surface area contributed by atoms with Gasteiger partial charge in [-0.15, -0.1) is 0 Å². The summed E-state index contributed by atoms with van der Waals surface area (Å²) in [5, 5.41) is 12.2. The smallest absolute Gasteiger partial charge is 0.241 e. The lowest BCUT2D eigenvalue weighted by Crippen LogP contribution is -2.47. The first kappa shape index (κ1) is 16.2. The van der Waals surface area contributed by atoms with Gasteiger partial charge in [0.05, 0.1) is 16.8 Å². The van der Waals surface area contributed by atoms with Gasteiger partial charge >= 0.3 is 0 Å². The van der Waals surface area contributed by atoms with Crippen LogP contribution in [-0.2, 0) is 4.79 Å². The van der Waals surface area contributed by atoms with Gasteiger partial charge in [0.1, 0.15) is 5.82 Å². The van der Waals surface area contributed by atoms with Crippen LogP contribution in [0.15, 0.2) is 18.2 Å². The minimum Gasteiger partial charge on any atom is -0.396 e. The third-order valence-electron chi connectivity index (χ3n) is 3.92. The van der Waals surface area contributed by atoms with Crippen molar-refractivity contribution in [3.63, 3.8) is 0 Å². The lowest BCUT2D eigenvalue weighted by atomic mass is 9.97. The van der Waals surface area contributed by atoms with E-state index in [2.05, 4.69) is 10.2 Å². The van der Waals surface area contributed by atoms with Crippen LogP contribution in [-0.4, -0.2) is 41.7 Å². The number of nitrogens with zero attached hydrogens (tertiary/aromatic N) is 1. The molecule has 2 unspecified atom stereocenters. The van der Waals surface area contributed by atoms with Crippen LogP contribution in [0.2, 0.25) is 5.02 Å². The van der Waals surface area contributed by atoms with Crippen molar-refractivity contribution in [2.24, 2.45) is 5.92 Å². The standard InChI is InChI=1S/C15H20ClFN2O2/c1-10(19-6-2-3-11(8-19)9-20)15(21)18-14-5-4-12(17)7-13(14)16/h4-5,7,10-11,20H,2-3,6,8-9H2,1H3,(H,18,21). The molecule has 0 radical (unpaired) electrons. The molecule has 1 aromatic carbocycles. The molecule has 0 bridgehead atoms. The van der Waals surface area contributed by atoms with Crippen molar-refractivity contribution in [2.45, 2.75) is 25.8 Å². The summed E-state index contributed by atoms with van der Waals surface area (Å²) in [7, 11) is 0. The van der Waals surface area contributed by atoms with Gasteiger partial charge in [0.15, 0.2) is 0 Å². The Hall–Kier alpha value is -1.17. The van der Waals surface area contributed by atoms with Crippen molar-refractivity contribution in [2.75, 3.05) is 25.0 Å². The van der Waals surface area contributed by atoms with Crippen molar-refractivity contribution >= 4 is 23.2 Å². The second-order valence-corrected chi connectivity index (χ2v) is 5.88. The number of nitrogens with one attached hydrogen (secondary N) is 1. The molecular weight excluding hydrogens is 295 g/mol. The topological polar surface area (TPSA) is 52.6 Å². The first-order valence-electron chi connectivity index (χ1n) is 7.12. The highest BCUT2D eigenvalue weighted by Crippen LogP contribution is 2.23. The monoisotopic (exact) mass is 314 g/mol. The van der Waals surface area contributed by atoms with E-state index < -0.39 is 5.82 Å². The summed E-state index contributed by atoms with van der Waals surface area (Å²) >= 11 is 5.91. The Bertz CT molecular complexity index is 512. The van der Waals surface area contributed by atoms with Gasteiger partial charge in [0.25, 0.3) is 0 Å². The van der Waals surface area contributed by atoms with E-state index in [1.54, 1.807) is 0 Å². The molecule has 0 aromatic heterocycles. The quantitative estimate of drug-likeness (QED) is 0.898. The fourth-order valence-electron chi connectivity index (χ4n) is 2.59. The Labute approximate surface area is 128 Å². The Morgan fingerprint density at radius 3 is 3.05 bits per heavy atom. The highest BCUT2D eigenvalue weighted by Gasteiger charge is 2.27. The molecule has 1 fully saturated rings. The number of piperidine rings is 1. The van der Waals surface area contributed by atoms with E-state index in [0.29, 0.717) is 12.2 Å². The maximum atomic E-state index is 13.0. The Balaban J connectivity index is 1.99. The number of carbonyl (C=O) groups is 1. The number of likely N-dealkylation sites (tertiary alicyclic amines) is 1. The molecular formula is C15H20ClFN2O2. The molecule has 6 heteroatoms. The van der Waals surface area contributed by atoms with E-state index >= 15 is 0 Å². The number of benzene rings is 1. The molecule has 1 saturated heterocycles. The zero-order valence-corrected chi connectivity index (χ0v) is 12.7. The molecule has 2 N–H and O–H groups in total. The molecule has 2 atom stereocenters. The lowest BCUT2D eigenvalue weighted by molar-refractivity contribution is -0.121. The maximum absolute atomic E-state index is 13.0. The van der Waals surface area contributed by atoms with Crippen LogP contribution in [0.25, 0.3) is 0 Å². The van der Waals surface area contributed by atoms with Gasteiger partial charge in [-0.3, -0.25) is 9.69 Å². The van der Waals surface area contributed by atoms with E-state index in [1.807, 2.05) is 6.92 Å². The van der Waals surface area contributed by atoms with E-state index in [-0.39, 0.29) is 29.5 Å². The third kappa shape index (κ3) is 4.15. The highest BCUT2D eigenvalue weighted by molar-refractivity contribution is 6.33. The van der Waals surface area contributed by atoms with Crippen molar-refractivity contribution < 1.29 is 14.3 Å². The summed E-state index contributed by atoms with van der Waals surface area (Å²) in [6.45, 7) is 3.52. The third-order valence-corrected chi connectivity index (χ3v) is 4.24. The number of halogens is 2. The first-order valence-corrected chi connectivity index (χ1v) is 7.50. The normalized spacial score (nSPS) is 21.0. The van der Waals surface area contributed by atoms with E-state index in [4.69, 9.17) is 11.6 Å². The van der Waals surface area contributed by atoms with Gasteiger partial charge in [-0.2, -0.15) is 0 Å². The minimum absolute atomic E-state index is 0.147. The van der Waals surface area contributed by atoms with E-state index in [1.165, 1.54) is 18.2 Å². The number of rotatable bonds is 4. The van der Waals surface area contributed by atoms with Gasteiger partial charge in [-0.1, -0.05) is 11.6 Å². The maximum Gasteiger partial charge on any atom is 0.241 e. The lowest BCUT2D eigenvalue weighted by Gasteiger charge is -2.35. The molecule has 1 aliphatic rings. The van der Waals surface area contributed by atoms with Gasteiger partial charge < -0.3 is 10.4 Å². The van der Waals surface area contributed by atoms with Crippen LogP contribution in [0.1, 0.15) is 19.8 Å². The summed E-state index contributed by atoms with van der Waals surface area (Å²) < 4.78 is 13.0. The Morgan fingerprint density at radius 1 is 1.62 bits per heavy atom. The average Bonchev–Trinajstić information content (AvgIpc) is 2.49. The number of carbonyl (C=O) groups excluding carboxylic acids is 1. The molecule has 4 nitrogen and oxygen atoms in total. The fraction of sp³-hybridized carbons (Fsp3) is 0.533. The molecule has 116 valence electrons. The zero-order chi connectivity index (χ0) is 15.4. The second-order valence-electron chi connectivity index (χ2n) is 5.48. The van der Waals surface area contributed by atoms with Gasteiger partial charge in [-0.05, 0) is 50.4 Å². The summed E-state index contributed by atoms with van der Waals surface area (Å²) in [4.78, 5) is 14.3. The molecule has 1 heterocycles. The Morgan fingerprint density at radius 2 is 2.38 bits per heavy atom. The highest BCUT2D eigenvalue weighted by atomic mass is 35.5. The van der Waals surface area contributed by atoms with Crippen LogP contribution in [0.4, 0.5) is 10.1 Å². The molecule has 1 aromatic rings. The fourth-order valence-corrected chi connectivity index (χ4v) is 2.81. The van der Waals surface area contributed by atoms with Crippen LogP contribution >= 0.6 is 11.6 Å². The SMILES string of the molecule is CC(C(=O)Nc1ccc(F)cc1Cl)N1CCCC(CO)C1. The molecule has 0 spiro atoms. The van der Waals surface area contributed by atoms with Crippen LogP contribution in [0, 0.1) is 11.7 Å². The van der Waals surface area contributed by atoms with Gasteiger partial charge in [-0.25, -0.2) is 4.39 Å². The summed E-state index contributed by atoms with van der Waals surface area (Å²) in [5.41, 5.74) is 0.408. The summed E-state index contributed by atoms with van der Waals surface area (Å²) in [6, 6.07) is 3.56. The molecule has 1 aliphatic heterocycles. The van der Waals surface area contributed by atoms with Crippen molar-refractivity contribution in [3.8, 4) is 0 Å². The predicted octanol–water partition coefficient (Wildman–Crippen LogP) is 2.51. The number of amides is 1. The minimum atomic E-state index is -0.437. The first-order chi connectivity index (χ1) is 10.0. The van der Waals surface area contributed by atoms with Crippen molar-refractivity contribution in [3.05, 3.63) is 29.0 Å². The van der Waals surface area contributed by atoms with Gasteiger partial charge in [0.2, 0.25) is 5.91 Å². The van der Waals surface area contributed by atoms with Crippen LogP contribution in [0.3, 0.4) is 0 Å². The number of aliphatic hydroxyl groups excluding tert-OH is 1. The predicted molar refractivity (Wildman–Crippen MR) is 80.9 cm³/mol. The molecule has 0 saturated carbocycles. The molecule has 0 aliphatic carbocycles. The summed E-state index contributed by atoms with van der Waals surface area (Å²) in [6.07, 6.45) is 1.96. The number of hydrogen-bond acceptors (Lipinski definition) is 3.